The Kier molecular flexibility index (Phi) is 16.1. The maximum atomic E-state index is 12.9. The van der Waals surface area contributed by atoms with Crippen molar-refractivity contribution >= 4 is 117 Å². The van der Waals surface area contributed by atoms with Gasteiger partial charge in [0.2, 0.25) is 23.6 Å². The first-order valence-electron chi connectivity index (χ1n) is 19.1. The highest BCUT2D eigenvalue weighted by atomic mass is 35.5. The van der Waals surface area contributed by atoms with Crippen LogP contribution in [0.15, 0.2) is 82.6 Å². The number of hydrogen-bond acceptors (Lipinski definition) is 5. The minimum Gasteiger partial charge on any atom is -0.352 e. The Morgan fingerprint density at radius 1 is 0.610 bits per heavy atom. The summed E-state index contributed by atoms with van der Waals surface area (Å²) < 4.78 is 0. The van der Waals surface area contributed by atoms with Crippen LogP contribution in [-0.2, 0) is 19.2 Å². The standard InChI is InChI=1S/C44H40Cl6N4O4S/c45-29-11-13-31(33(47)25-29)41-27(9-17-37(55)51-19-3-23-53-21-1-5-39(53)57)7-15-35(43(41)49)59-36-16-8-28(42(44(36)50)32-14-12-30(46)26-34(32)48)10-18-38(56)52-20-4-24-54-22-2-6-40(54)58/h7-18,25-26H,1-6,19-24H2,(H,51,55)(H,52,56). The van der Waals surface area contributed by atoms with E-state index in [4.69, 9.17) is 69.6 Å². The van der Waals surface area contributed by atoms with Crippen LogP contribution in [0.4, 0.5) is 0 Å². The number of benzene rings is 4. The summed E-state index contributed by atoms with van der Waals surface area (Å²) in [4.78, 5) is 54.5. The summed E-state index contributed by atoms with van der Waals surface area (Å²) in [7, 11) is 0. The van der Waals surface area contributed by atoms with Crippen molar-refractivity contribution in [1.82, 2.24) is 20.4 Å². The van der Waals surface area contributed by atoms with Crippen LogP contribution in [0.25, 0.3) is 34.4 Å². The van der Waals surface area contributed by atoms with E-state index in [0.29, 0.717) is 125 Å². The van der Waals surface area contributed by atoms with Crippen LogP contribution in [0.3, 0.4) is 0 Å². The molecule has 2 aliphatic rings. The summed E-state index contributed by atoms with van der Waals surface area (Å²) in [5.41, 5.74) is 3.69. The summed E-state index contributed by atoms with van der Waals surface area (Å²) in [6, 6.07) is 17.6. The van der Waals surface area contributed by atoms with E-state index < -0.39 is 0 Å². The van der Waals surface area contributed by atoms with Crippen molar-refractivity contribution in [1.29, 1.82) is 0 Å². The molecule has 2 heterocycles. The zero-order chi connectivity index (χ0) is 42.1. The number of amides is 4. The van der Waals surface area contributed by atoms with Gasteiger partial charge in [-0.1, -0.05) is 106 Å². The van der Waals surface area contributed by atoms with Gasteiger partial charge >= 0.3 is 0 Å². The van der Waals surface area contributed by atoms with E-state index in [-0.39, 0.29) is 23.6 Å². The van der Waals surface area contributed by atoms with Crippen LogP contribution < -0.4 is 10.6 Å². The molecule has 0 aromatic heterocycles. The van der Waals surface area contributed by atoms with Gasteiger partial charge in [-0.05, 0) is 85.4 Å². The summed E-state index contributed by atoms with van der Waals surface area (Å²) in [6.45, 7) is 3.58. The predicted molar refractivity (Wildman–Crippen MR) is 243 cm³/mol. The minimum atomic E-state index is -0.289. The number of rotatable bonds is 16. The maximum Gasteiger partial charge on any atom is 0.244 e. The summed E-state index contributed by atoms with van der Waals surface area (Å²) in [5, 5.41) is 8.16. The second-order valence-electron chi connectivity index (χ2n) is 14.0. The third-order valence-corrected chi connectivity index (χ3v) is 13.1. The molecule has 4 aromatic carbocycles. The lowest BCUT2D eigenvalue weighted by Crippen LogP contribution is -2.29. The smallest absolute Gasteiger partial charge is 0.244 e. The van der Waals surface area contributed by atoms with Crippen LogP contribution in [0.5, 0.6) is 0 Å². The molecule has 4 amide bonds. The molecule has 2 N–H and O–H groups in total. The summed E-state index contributed by atoms with van der Waals surface area (Å²) in [6.07, 6.45) is 10.5. The number of nitrogens with zero attached hydrogens (tertiary/aromatic N) is 2. The van der Waals surface area contributed by atoms with Gasteiger partial charge < -0.3 is 20.4 Å². The van der Waals surface area contributed by atoms with E-state index in [1.165, 1.54) is 23.9 Å². The number of nitrogens with one attached hydrogen (secondary N) is 2. The number of hydrogen-bond donors (Lipinski definition) is 2. The van der Waals surface area contributed by atoms with Crippen molar-refractivity contribution in [2.45, 2.75) is 48.3 Å². The first kappa shape index (κ1) is 44.9. The van der Waals surface area contributed by atoms with Crippen LogP contribution in [-0.4, -0.2) is 72.7 Å². The Hall–Kier alpha value is -3.67. The highest BCUT2D eigenvalue weighted by molar-refractivity contribution is 7.99. The molecule has 6 rings (SSSR count). The van der Waals surface area contributed by atoms with Crippen molar-refractivity contribution in [2.24, 2.45) is 0 Å². The SMILES string of the molecule is O=C(C=Cc1ccc(Sc2ccc(C=CC(=O)NCCCN3CCCC3=O)c(-c3ccc(Cl)cc3Cl)c2Cl)c(Cl)c1-c1ccc(Cl)cc1Cl)NCCCN1CCCC1=O. The van der Waals surface area contributed by atoms with E-state index in [1.807, 2.05) is 34.1 Å². The molecule has 15 heteroatoms. The molecule has 0 aliphatic carbocycles. The van der Waals surface area contributed by atoms with Crippen LogP contribution in [0.1, 0.15) is 49.7 Å². The lowest BCUT2D eigenvalue weighted by Gasteiger charge is -2.17. The lowest BCUT2D eigenvalue weighted by atomic mass is 9.99. The highest BCUT2D eigenvalue weighted by Gasteiger charge is 2.22. The summed E-state index contributed by atoms with van der Waals surface area (Å²) >= 11 is 41.8. The zero-order valence-electron chi connectivity index (χ0n) is 31.8. The molecule has 2 saturated heterocycles. The van der Waals surface area contributed by atoms with Gasteiger partial charge in [0.1, 0.15) is 0 Å². The molecule has 0 spiro atoms. The van der Waals surface area contributed by atoms with Gasteiger partial charge in [-0.3, -0.25) is 19.2 Å². The van der Waals surface area contributed by atoms with Gasteiger partial charge in [0, 0.05) is 116 Å². The number of halogens is 6. The van der Waals surface area contributed by atoms with Crippen molar-refractivity contribution in [3.05, 3.63) is 114 Å². The monoisotopic (exact) mass is 930 g/mol. The van der Waals surface area contributed by atoms with E-state index >= 15 is 0 Å². The van der Waals surface area contributed by atoms with Crippen LogP contribution in [0, 0.1) is 0 Å². The molecular weight excluding hydrogens is 893 g/mol. The van der Waals surface area contributed by atoms with Gasteiger partial charge in [0.05, 0.1) is 10.0 Å². The third-order valence-electron chi connectivity index (χ3n) is 9.88. The Balaban J connectivity index is 1.25. The first-order valence-corrected chi connectivity index (χ1v) is 22.2. The quantitative estimate of drug-likeness (QED) is 0.0861. The normalized spacial score (nSPS) is 14.3. The first-order chi connectivity index (χ1) is 28.4. The zero-order valence-corrected chi connectivity index (χ0v) is 37.1. The summed E-state index contributed by atoms with van der Waals surface area (Å²) in [5.74, 6) is -0.267. The molecule has 0 bridgehead atoms. The van der Waals surface area contributed by atoms with E-state index in [1.54, 1.807) is 48.6 Å². The Labute approximate surface area is 378 Å². The number of likely N-dealkylation sites (tertiary alicyclic amines) is 2. The van der Waals surface area contributed by atoms with Gasteiger partial charge in [0.15, 0.2) is 0 Å². The second kappa shape index (κ2) is 21.2. The average Bonchev–Trinajstić information content (AvgIpc) is 3.82. The van der Waals surface area contributed by atoms with Crippen molar-refractivity contribution in [3.63, 3.8) is 0 Å². The second-order valence-corrected chi connectivity index (χ2v) is 17.5. The average molecular weight is 934 g/mol. The number of carbonyl (C=O) groups excluding carboxylic acids is 4. The van der Waals surface area contributed by atoms with Crippen LogP contribution >= 0.6 is 81.4 Å². The maximum absolute atomic E-state index is 12.9. The molecule has 0 unspecified atom stereocenters. The minimum absolute atomic E-state index is 0.156. The topological polar surface area (TPSA) is 98.8 Å². The van der Waals surface area contributed by atoms with Gasteiger partial charge in [-0.15, -0.1) is 0 Å². The molecular formula is C44H40Cl6N4O4S. The Morgan fingerprint density at radius 3 is 1.41 bits per heavy atom. The van der Waals surface area contributed by atoms with E-state index in [0.717, 1.165) is 25.9 Å². The molecule has 0 atom stereocenters. The van der Waals surface area contributed by atoms with Crippen molar-refractivity contribution in [2.75, 3.05) is 39.3 Å². The largest absolute Gasteiger partial charge is 0.352 e. The molecule has 0 saturated carbocycles. The number of carbonyl (C=O) groups is 4. The van der Waals surface area contributed by atoms with Crippen molar-refractivity contribution < 1.29 is 19.2 Å². The molecule has 0 radical (unpaired) electrons. The van der Waals surface area contributed by atoms with E-state index in [2.05, 4.69) is 10.6 Å². The lowest BCUT2D eigenvalue weighted by molar-refractivity contribution is -0.128. The van der Waals surface area contributed by atoms with Gasteiger partial charge in [-0.25, -0.2) is 0 Å². The highest BCUT2D eigenvalue weighted by Crippen LogP contribution is 2.48. The Bertz CT molecular complexity index is 2160. The fraction of sp³-hybridized carbons (Fsp3) is 0.273. The fourth-order valence-corrected chi connectivity index (χ4v) is 9.60. The fourth-order valence-electron chi connectivity index (χ4n) is 6.92. The van der Waals surface area contributed by atoms with Crippen LogP contribution in [0.2, 0.25) is 30.1 Å². The van der Waals surface area contributed by atoms with Gasteiger partial charge in [0.25, 0.3) is 0 Å². The van der Waals surface area contributed by atoms with E-state index in [9.17, 15) is 19.2 Å². The van der Waals surface area contributed by atoms with Gasteiger partial charge in [-0.2, -0.15) is 0 Å². The third kappa shape index (κ3) is 11.8. The molecule has 8 nitrogen and oxygen atoms in total. The van der Waals surface area contributed by atoms with Crippen molar-refractivity contribution in [3.8, 4) is 22.3 Å². The molecule has 4 aromatic rings. The Morgan fingerprint density at radius 2 is 1.03 bits per heavy atom. The molecule has 59 heavy (non-hydrogen) atoms. The molecule has 2 aliphatic heterocycles. The molecule has 2 fully saturated rings. The molecule has 308 valence electrons. The predicted octanol–water partition coefficient (Wildman–Crippen LogP) is 11.4.